The molecule has 7 heteroatoms. The average molecular weight is 423 g/mol. The fourth-order valence-corrected chi connectivity index (χ4v) is 6.21. The van der Waals surface area contributed by atoms with Crippen molar-refractivity contribution in [3.8, 4) is 5.75 Å². The van der Waals surface area contributed by atoms with Crippen molar-refractivity contribution in [2.24, 2.45) is 5.92 Å². The van der Waals surface area contributed by atoms with Gasteiger partial charge in [-0.25, -0.2) is 13.1 Å². The summed E-state index contributed by atoms with van der Waals surface area (Å²) in [6, 6.07) is 4.89. The maximum Gasteiger partial charge on any atom is 0.254 e. The molecular weight excluding hydrogens is 388 g/mol. The SMILES string of the molecule is CCC1CCCCN1C(=O)c1ccc(OC)c(S(=O)(=O)NC2CCCCC2C)c1. The Bertz CT molecular complexity index is 824. The van der Waals surface area contributed by atoms with E-state index in [1.54, 1.807) is 12.1 Å². The third-order valence-corrected chi connectivity index (χ3v) is 7.99. The predicted molar refractivity (Wildman–Crippen MR) is 114 cm³/mol. The molecule has 1 aromatic carbocycles. The first-order valence-electron chi connectivity index (χ1n) is 10.9. The number of hydrogen-bond donors (Lipinski definition) is 1. The van der Waals surface area contributed by atoms with Crippen molar-refractivity contribution >= 4 is 15.9 Å². The summed E-state index contributed by atoms with van der Waals surface area (Å²) in [5, 5.41) is 0. The zero-order valence-corrected chi connectivity index (χ0v) is 18.6. The highest BCUT2D eigenvalue weighted by molar-refractivity contribution is 7.89. The van der Waals surface area contributed by atoms with E-state index in [1.807, 2.05) is 4.90 Å². The average Bonchev–Trinajstić information content (AvgIpc) is 2.74. The van der Waals surface area contributed by atoms with Crippen LogP contribution in [0.5, 0.6) is 5.75 Å². The molecule has 29 heavy (non-hydrogen) atoms. The third-order valence-electron chi connectivity index (χ3n) is 6.48. The highest BCUT2D eigenvalue weighted by atomic mass is 32.2. The zero-order valence-electron chi connectivity index (χ0n) is 17.8. The number of rotatable bonds is 6. The molecule has 2 aliphatic rings. The molecule has 1 heterocycles. The van der Waals surface area contributed by atoms with Crippen molar-refractivity contribution in [1.82, 2.24) is 9.62 Å². The van der Waals surface area contributed by atoms with Gasteiger partial charge in [-0.2, -0.15) is 0 Å². The Morgan fingerprint density at radius 2 is 1.90 bits per heavy atom. The predicted octanol–water partition coefficient (Wildman–Crippen LogP) is 3.96. The smallest absolute Gasteiger partial charge is 0.254 e. The number of ether oxygens (including phenoxy) is 1. The van der Waals surface area contributed by atoms with Crippen molar-refractivity contribution in [3.63, 3.8) is 0 Å². The van der Waals surface area contributed by atoms with Gasteiger partial charge in [0.15, 0.2) is 0 Å². The van der Waals surface area contributed by atoms with Gasteiger partial charge in [0.25, 0.3) is 5.91 Å². The van der Waals surface area contributed by atoms with E-state index in [4.69, 9.17) is 4.74 Å². The number of piperidine rings is 1. The van der Waals surface area contributed by atoms with E-state index in [9.17, 15) is 13.2 Å². The molecule has 1 aliphatic heterocycles. The molecule has 1 saturated carbocycles. The van der Waals surface area contributed by atoms with Crippen LogP contribution in [-0.2, 0) is 10.0 Å². The van der Waals surface area contributed by atoms with Gasteiger partial charge < -0.3 is 9.64 Å². The number of hydrogen-bond acceptors (Lipinski definition) is 4. The molecule has 0 aromatic heterocycles. The zero-order chi connectivity index (χ0) is 21.0. The molecule has 0 radical (unpaired) electrons. The minimum absolute atomic E-state index is 0.0497. The van der Waals surface area contributed by atoms with E-state index in [1.165, 1.54) is 13.2 Å². The van der Waals surface area contributed by atoms with Crippen LogP contribution in [0.3, 0.4) is 0 Å². The minimum Gasteiger partial charge on any atom is -0.495 e. The number of carbonyl (C=O) groups is 1. The van der Waals surface area contributed by atoms with E-state index >= 15 is 0 Å². The van der Waals surface area contributed by atoms with Crippen LogP contribution >= 0.6 is 0 Å². The maximum absolute atomic E-state index is 13.2. The molecule has 2 fully saturated rings. The first kappa shape index (κ1) is 22.1. The number of sulfonamides is 1. The summed E-state index contributed by atoms with van der Waals surface area (Å²) in [7, 11) is -2.33. The normalized spacial score (nSPS) is 25.6. The first-order chi connectivity index (χ1) is 13.9. The van der Waals surface area contributed by atoms with Crippen LogP contribution < -0.4 is 9.46 Å². The van der Waals surface area contributed by atoms with Crippen LogP contribution in [0.4, 0.5) is 0 Å². The molecule has 3 unspecified atom stereocenters. The molecule has 1 aromatic rings. The largest absolute Gasteiger partial charge is 0.495 e. The molecule has 162 valence electrons. The number of methoxy groups -OCH3 is 1. The lowest BCUT2D eigenvalue weighted by molar-refractivity contribution is 0.0607. The van der Waals surface area contributed by atoms with E-state index in [-0.39, 0.29) is 28.6 Å². The van der Waals surface area contributed by atoms with Crippen LogP contribution in [0.25, 0.3) is 0 Å². The molecular formula is C22H34N2O4S. The second-order valence-corrected chi connectivity index (χ2v) is 10.1. The Balaban J connectivity index is 1.89. The number of carbonyl (C=O) groups excluding carboxylic acids is 1. The van der Waals surface area contributed by atoms with Crippen molar-refractivity contribution in [2.45, 2.75) is 82.2 Å². The molecule has 0 bridgehead atoms. The molecule has 1 aliphatic carbocycles. The number of nitrogens with one attached hydrogen (secondary N) is 1. The molecule has 1 saturated heterocycles. The molecule has 1 amide bonds. The molecule has 3 atom stereocenters. The lowest BCUT2D eigenvalue weighted by atomic mass is 9.87. The van der Waals surface area contributed by atoms with Crippen molar-refractivity contribution in [1.29, 1.82) is 0 Å². The number of amides is 1. The summed E-state index contributed by atoms with van der Waals surface area (Å²) < 4.78 is 34.6. The van der Waals surface area contributed by atoms with Crippen molar-refractivity contribution < 1.29 is 17.9 Å². The summed E-state index contributed by atoms with van der Waals surface area (Å²) in [4.78, 5) is 15.1. The van der Waals surface area contributed by atoms with Gasteiger partial charge in [-0.05, 0) is 62.6 Å². The van der Waals surface area contributed by atoms with Gasteiger partial charge in [0.05, 0.1) is 7.11 Å². The second kappa shape index (κ2) is 9.47. The number of benzene rings is 1. The lowest BCUT2D eigenvalue weighted by Gasteiger charge is -2.35. The minimum atomic E-state index is -3.79. The van der Waals surface area contributed by atoms with Gasteiger partial charge in [0.1, 0.15) is 10.6 Å². The van der Waals surface area contributed by atoms with Crippen LogP contribution in [-0.4, -0.2) is 45.0 Å². The Morgan fingerprint density at radius 1 is 1.17 bits per heavy atom. The van der Waals surface area contributed by atoms with E-state index in [2.05, 4.69) is 18.6 Å². The molecule has 3 rings (SSSR count). The Labute approximate surface area is 175 Å². The van der Waals surface area contributed by atoms with Crippen LogP contribution in [0.1, 0.15) is 75.6 Å². The second-order valence-electron chi connectivity index (χ2n) is 8.41. The Morgan fingerprint density at radius 3 is 2.59 bits per heavy atom. The van der Waals surface area contributed by atoms with Gasteiger partial charge in [0, 0.05) is 24.2 Å². The molecule has 1 N–H and O–H groups in total. The summed E-state index contributed by atoms with van der Waals surface area (Å²) in [6.45, 7) is 4.91. The number of nitrogens with zero attached hydrogens (tertiary/aromatic N) is 1. The Hall–Kier alpha value is -1.60. The maximum atomic E-state index is 13.2. The van der Waals surface area contributed by atoms with E-state index < -0.39 is 10.0 Å². The van der Waals surface area contributed by atoms with Gasteiger partial charge >= 0.3 is 0 Å². The van der Waals surface area contributed by atoms with Crippen molar-refractivity contribution in [3.05, 3.63) is 23.8 Å². The standard InChI is InChI=1S/C22H34N2O4S/c1-4-18-10-7-8-14-24(18)22(25)17-12-13-20(28-3)21(15-17)29(26,27)23-19-11-6-5-9-16(19)2/h12-13,15-16,18-19,23H,4-11,14H2,1-3H3. The van der Waals surface area contributed by atoms with Crippen LogP contribution in [0.15, 0.2) is 23.1 Å². The van der Waals surface area contributed by atoms with Gasteiger partial charge in [-0.1, -0.05) is 26.7 Å². The summed E-state index contributed by atoms with van der Waals surface area (Å²) in [5.74, 6) is 0.470. The Kier molecular flexibility index (Phi) is 7.22. The van der Waals surface area contributed by atoms with Crippen LogP contribution in [0, 0.1) is 5.92 Å². The summed E-state index contributed by atoms with van der Waals surface area (Å²) in [6.07, 6.45) is 8.07. The highest BCUT2D eigenvalue weighted by Gasteiger charge is 2.31. The van der Waals surface area contributed by atoms with E-state index in [0.29, 0.717) is 11.5 Å². The van der Waals surface area contributed by atoms with E-state index in [0.717, 1.165) is 57.9 Å². The van der Waals surface area contributed by atoms with Gasteiger partial charge in [-0.3, -0.25) is 4.79 Å². The van der Waals surface area contributed by atoms with Gasteiger partial charge in [-0.15, -0.1) is 0 Å². The van der Waals surface area contributed by atoms with Crippen molar-refractivity contribution in [2.75, 3.05) is 13.7 Å². The summed E-state index contributed by atoms with van der Waals surface area (Å²) in [5.41, 5.74) is 0.406. The molecule has 0 spiro atoms. The fourth-order valence-electron chi connectivity index (χ4n) is 4.63. The first-order valence-corrected chi connectivity index (χ1v) is 12.4. The lowest BCUT2D eigenvalue weighted by Crippen LogP contribution is -2.43. The van der Waals surface area contributed by atoms with Crippen LogP contribution in [0.2, 0.25) is 0 Å². The molecule has 6 nitrogen and oxygen atoms in total. The summed E-state index contributed by atoms with van der Waals surface area (Å²) >= 11 is 0. The highest BCUT2D eigenvalue weighted by Crippen LogP contribution is 2.30. The topological polar surface area (TPSA) is 75.7 Å². The number of likely N-dealkylation sites (tertiary alicyclic amines) is 1. The third kappa shape index (κ3) is 4.94. The quantitative estimate of drug-likeness (QED) is 0.753. The fraction of sp³-hybridized carbons (Fsp3) is 0.682. The monoisotopic (exact) mass is 422 g/mol. The van der Waals surface area contributed by atoms with Gasteiger partial charge in [0.2, 0.25) is 10.0 Å².